The highest BCUT2D eigenvalue weighted by molar-refractivity contribution is 7.19. The van der Waals surface area contributed by atoms with E-state index in [0.717, 1.165) is 34.5 Å². The van der Waals surface area contributed by atoms with Crippen molar-refractivity contribution in [2.45, 2.75) is 46.5 Å². The van der Waals surface area contributed by atoms with Gasteiger partial charge in [-0.25, -0.2) is 9.97 Å². The maximum absolute atomic E-state index is 12.6. The van der Waals surface area contributed by atoms with Crippen LogP contribution in [-0.4, -0.2) is 43.5 Å². The third-order valence-electron chi connectivity index (χ3n) is 4.80. The summed E-state index contributed by atoms with van der Waals surface area (Å²) in [6, 6.07) is 0. The third-order valence-corrected chi connectivity index (χ3v) is 5.98. The standard InChI is InChI=1S/C17H21N5OS/c1-4-21(5-2)17(23)14-19-15-13-11-8-6-7-9-12(11)24-16(13)18-10(3)22(15)20-14/h4-9H2,1-3H3. The van der Waals surface area contributed by atoms with E-state index in [1.54, 1.807) is 20.8 Å². The number of hydrogen-bond donors (Lipinski definition) is 0. The lowest BCUT2D eigenvalue weighted by atomic mass is 9.97. The van der Waals surface area contributed by atoms with Crippen LogP contribution in [0.15, 0.2) is 0 Å². The summed E-state index contributed by atoms with van der Waals surface area (Å²) < 4.78 is 1.74. The second-order valence-corrected chi connectivity index (χ2v) is 7.28. The van der Waals surface area contributed by atoms with E-state index in [0.29, 0.717) is 13.1 Å². The summed E-state index contributed by atoms with van der Waals surface area (Å²) in [7, 11) is 0. The van der Waals surface area contributed by atoms with Crippen LogP contribution in [0.2, 0.25) is 0 Å². The Morgan fingerprint density at radius 2 is 1.96 bits per heavy atom. The van der Waals surface area contributed by atoms with E-state index in [4.69, 9.17) is 4.98 Å². The molecule has 0 N–H and O–H groups in total. The topological polar surface area (TPSA) is 63.4 Å². The molecule has 0 bridgehead atoms. The zero-order valence-corrected chi connectivity index (χ0v) is 15.1. The van der Waals surface area contributed by atoms with Gasteiger partial charge < -0.3 is 4.90 Å². The number of carbonyl (C=O) groups excluding carboxylic acids is 1. The van der Waals surface area contributed by atoms with Gasteiger partial charge in [0.25, 0.3) is 5.91 Å². The molecule has 0 atom stereocenters. The fourth-order valence-corrected chi connectivity index (χ4v) is 4.80. The number of hydrogen-bond acceptors (Lipinski definition) is 5. The molecule has 0 spiro atoms. The van der Waals surface area contributed by atoms with Crippen LogP contribution in [0.5, 0.6) is 0 Å². The van der Waals surface area contributed by atoms with Crippen molar-refractivity contribution in [2.24, 2.45) is 0 Å². The van der Waals surface area contributed by atoms with Crippen molar-refractivity contribution in [1.29, 1.82) is 0 Å². The number of aromatic nitrogens is 4. The Bertz CT molecular complexity index is 938. The van der Waals surface area contributed by atoms with Crippen molar-refractivity contribution in [2.75, 3.05) is 13.1 Å². The molecule has 0 saturated heterocycles. The molecule has 1 aliphatic carbocycles. The molecule has 0 radical (unpaired) electrons. The van der Waals surface area contributed by atoms with E-state index >= 15 is 0 Å². The minimum Gasteiger partial charge on any atom is -0.336 e. The summed E-state index contributed by atoms with van der Waals surface area (Å²) in [4.78, 5) is 26.2. The van der Waals surface area contributed by atoms with Crippen LogP contribution in [0.1, 0.15) is 53.6 Å². The molecule has 126 valence electrons. The van der Waals surface area contributed by atoms with Crippen molar-refractivity contribution < 1.29 is 4.79 Å². The second kappa shape index (κ2) is 5.81. The molecule has 3 aromatic rings. The molecule has 0 unspecified atom stereocenters. The summed E-state index contributed by atoms with van der Waals surface area (Å²) in [5.41, 5.74) is 2.15. The Kier molecular flexibility index (Phi) is 3.75. The molecule has 0 aliphatic heterocycles. The molecule has 0 saturated carbocycles. The van der Waals surface area contributed by atoms with Crippen molar-refractivity contribution in [1.82, 2.24) is 24.5 Å². The maximum atomic E-state index is 12.6. The molecule has 3 aromatic heterocycles. The van der Waals surface area contributed by atoms with Crippen LogP contribution < -0.4 is 0 Å². The predicted molar refractivity (Wildman–Crippen MR) is 94.8 cm³/mol. The number of carbonyl (C=O) groups is 1. The first-order valence-corrected chi connectivity index (χ1v) is 9.42. The number of amides is 1. The largest absolute Gasteiger partial charge is 0.336 e. The Balaban J connectivity index is 1.95. The van der Waals surface area contributed by atoms with Gasteiger partial charge in [0.2, 0.25) is 5.82 Å². The number of rotatable bonds is 3. The van der Waals surface area contributed by atoms with Gasteiger partial charge in [-0.1, -0.05) is 0 Å². The average molecular weight is 343 g/mol. The molecule has 0 fully saturated rings. The van der Waals surface area contributed by atoms with Crippen LogP contribution in [0.4, 0.5) is 0 Å². The van der Waals surface area contributed by atoms with Crippen LogP contribution in [0, 0.1) is 6.92 Å². The molecular weight excluding hydrogens is 322 g/mol. The summed E-state index contributed by atoms with van der Waals surface area (Å²) >= 11 is 1.77. The molecule has 24 heavy (non-hydrogen) atoms. The molecule has 4 rings (SSSR count). The summed E-state index contributed by atoms with van der Waals surface area (Å²) in [5.74, 6) is 0.939. The van der Waals surface area contributed by atoms with Crippen molar-refractivity contribution in [3.05, 3.63) is 22.1 Å². The van der Waals surface area contributed by atoms with Gasteiger partial charge in [0.1, 0.15) is 10.7 Å². The van der Waals surface area contributed by atoms with Crippen molar-refractivity contribution in [3.8, 4) is 0 Å². The van der Waals surface area contributed by atoms with Gasteiger partial charge in [-0.2, -0.15) is 4.52 Å². The van der Waals surface area contributed by atoms with Crippen LogP contribution in [0.25, 0.3) is 15.9 Å². The van der Waals surface area contributed by atoms with E-state index in [9.17, 15) is 4.79 Å². The van der Waals surface area contributed by atoms with E-state index < -0.39 is 0 Å². The highest BCUT2D eigenvalue weighted by atomic mass is 32.1. The normalized spacial score (nSPS) is 14.3. The van der Waals surface area contributed by atoms with Crippen molar-refractivity contribution >= 4 is 33.1 Å². The number of fused-ring (bicyclic) bond motifs is 5. The van der Waals surface area contributed by atoms with Gasteiger partial charge in [-0.3, -0.25) is 4.79 Å². The molecule has 1 aliphatic rings. The molecule has 0 aromatic carbocycles. The number of nitrogens with zero attached hydrogens (tertiary/aromatic N) is 5. The van der Waals surface area contributed by atoms with E-state index in [1.807, 2.05) is 20.8 Å². The average Bonchev–Trinajstić information content (AvgIpc) is 3.17. The Labute approximate surface area is 144 Å². The lowest BCUT2D eigenvalue weighted by Gasteiger charge is -2.15. The molecule has 7 heteroatoms. The quantitative estimate of drug-likeness (QED) is 0.733. The van der Waals surface area contributed by atoms with Gasteiger partial charge in [0, 0.05) is 18.0 Å². The molecular formula is C17H21N5OS. The minimum absolute atomic E-state index is 0.111. The minimum atomic E-state index is -0.111. The van der Waals surface area contributed by atoms with E-state index in [-0.39, 0.29) is 11.7 Å². The summed E-state index contributed by atoms with van der Waals surface area (Å²) in [5, 5.41) is 5.57. The number of aryl methyl sites for hydroxylation is 3. The summed E-state index contributed by atoms with van der Waals surface area (Å²) in [6.07, 6.45) is 4.65. The van der Waals surface area contributed by atoms with Gasteiger partial charge in [0.15, 0.2) is 5.65 Å². The lowest BCUT2D eigenvalue weighted by molar-refractivity contribution is 0.0761. The third kappa shape index (κ3) is 2.22. The first-order chi connectivity index (χ1) is 11.6. The molecule has 3 heterocycles. The Morgan fingerprint density at radius 3 is 2.71 bits per heavy atom. The second-order valence-electron chi connectivity index (χ2n) is 6.20. The first-order valence-electron chi connectivity index (χ1n) is 8.61. The van der Waals surface area contributed by atoms with Gasteiger partial charge in [0.05, 0.1) is 5.39 Å². The smallest absolute Gasteiger partial charge is 0.293 e. The highest BCUT2D eigenvalue weighted by Gasteiger charge is 2.24. The lowest BCUT2D eigenvalue weighted by Crippen LogP contribution is -2.31. The van der Waals surface area contributed by atoms with Gasteiger partial charge >= 0.3 is 0 Å². The molecule has 6 nitrogen and oxygen atoms in total. The Morgan fingerprint density at radius 1 is 1.21 bits per heavy atom. The number of thiophene rings is 1. The zero-order chi connectivity index (χ0) is 16.8. The molecule has 1 amide bonds. The fourth-order valence-electron chi connectivity index (χ4n) is 3.50. The van der Waals surface area contributed by atoms with Crippen LogP contribution in [-0.2, 0) is 12.8 Å². The Hall–Kier alpha value is -2.02. The van der Waals surface area contributed by atoms with E-state index in [1.165, 1.54) is 23.3 Å². The SMILES string of the molecule is CCN(CC)C(=O)c1nc2c3c4c(sc3nc(C)n2n1)CCCC4. The van der Waals surface area contributed by atoms with Gasteiger partial charge in [-0.15, -0.1) is 16.4 Å². The van der Waals surface area contributed by atoms with E-state index in [2.05, 4.69) is 10.1 Å². The fraction of sp³-hybridized carbons (Fsp3) is 0.529. The first kappa shape index (κ1) is 15.5. The van der Waals surface area contributed by atoms with Crippen LogP contribution in [0.3, 0.4) is 0 Å². The zero-order valence-electron chi connectivity index (χ0n) is 14.3. The monoisotopic (exact) mass is 343 g/mol. The maximum Gasteiger partial charge on any atom is 0.293 e. The summed E-state index contributed by atoms with van der Waals surface area (Å²) in [6.45, 7) is 7.18. The van der Waals surface area contributed by atoms with Crippen molar-refractivity contribution in [3.63, 3.8) is 0 Å². The highest BCUT2D eigenvalue weighted by Crippen LogP contribution is 2.37. The predicted octanol–water partition coefficient (Wildman–Crippen LogP) is 3.01. The van der Waals surface area contributed by atoms with Gasteiger partial charge in [-0.05, 0) is 52.0 Å². The van der Waals surface area contributed by atoms with Crippen LogP contribution >= 0.6 is 11.3 Å².